The molecule has 0 heterocycles. The van der Waals surface area contributed by atoms with Crippen LogP contribution in [0.5, 0.6) is 0 Å². The van der Waals surface area contributed by atoms with E-state index in [4.69, 9.17) is 0 Å². The Bertz CT molecular complexity index is 116. The maximum atomic E-state index is 3.14. The van der Waals surface area contributed by atoms with E-state index >= 15 is 0 Å². The van der Waals surface area contributed by atoms with Crippen LogP contribution in [-0.4, -0.2) is 23.1 Å². The molecule has 0 amide bonds. The van der Waals surface area contributed by atoms with Gasteiger partial charge in [0.15, 0.2) is 0 Å². The Kier molecular flexibility index (Phi) is 9.43. The van der Waals surface area contributed by atoms with E-state index in [1.54, 1.807) is 0 Å². The molecule has 0 unspecified atom stereocenters. The SMILES string of the molecule is CC1=CCC[C-]=C1.[Br-].[Mg+2]. The van der Waals surface area contributed by atoms with E-state index in [9.17, 15) is 0 Å². The van der Waals surface area contributed by atoms with Crippen molar-refractivity contribution in [3.8, 4) is 0 Å². The zero-order valence-electron chi connectivity index (χ0n) is 5.65. The largest absolute Gasteiger partial charge is 2.00 e. The Morgan fingerprint density at radius 3 is 2.44 bits per heavy atom. The Morgan fingerprint density at radius 1 is 1.56 bits per heavy atom. The molecule has 0 bridgehead atoms. The topological polar surface area (TPSA) is 0 Å². The van der Waals surface area contributed by atoms with E-state index in [0.717, 1.165) is 6.42 Å². The van der Waals surface area contributed by atoms with Crippen molar-refractivity contribution in [2.24, 2.45) is 0 Å². The molecule has 0 aromatic heterocycles. The van der Waals surface area contributed by atoms with Crippen molar-refractivity contribution in [2.75, 3.05) is 0 Å². The summed E-state index contributed by atoms with van der Waals surface area (Å²) in [6, 6.07) is 0. The van der Waals surface area contributed by atoms with Crippen molar-refractivity contribution < 1.29 is 17.0 Å². The molecule has 0 aromatic rings. The van der Waals surface area contributed by atoms with Gasteiger partial charge in [-0.25, -0.2) is 11.6 Å². The number of rotatable bonds is 0. The van der Waals surface area contributed by atoms with Crippen LogP contribution in [0.1, 0.15) is 19.8 Å². The van der Waals surface area contributed by atoms with Crippen molar-refractivity contribution in [3.63, 3.8) is 0 Å². The smallest absolute Gasteiger partial charge is 1.00 e. The molecule has 0 nitrogen and oxygen atoms in total. The number of halogens is 1. The predicted molar refractivity (Wildman–Crippen MR) is 36.6 cm³/mol. The fourth-order valence-electron chi connectivity index (χ4n) is 0.675. The second-order valence-corrected chi connectivity index (χ2v) is 1.84. The van der Waals surface area contributed by atoms with Gasteiger partial charge in [-0.2, -0.15) is 6.08 Å². The van der Waals surface area contributed by atoms with E-state index in [0.29, 0.717) is 0 Å². The normalized spacial score (nSPS) is 15.0. The minimum Gasteiger partial charge on any atom is -1.00 e. The second-order valence-electron chi connectivity index (χ2n) is 1.84. The van der Waals surface area contributed by atoms with E-state index in [1.807, 2.05) is 6.08 Å². The van der Waals surface area contributed by atoms with E-state index in [1.165, 1.54) is 12.0 Å². The summed E-state index contributed by atoms with van der Waals surface area (Å²) in [5.41, 5.74) is 1.35. The Morgan fingerprint density at radius 2 is 2.22 bits per heavy atom. The fraction of sp³-hybridized carbons (Fsp3) is 0.429. The van der Waals surface area contributed by atoms with Gasteiger partial charge < -0.3 is 17.0 Å². The third-order valence-corrected chi connectivity index (χ3v) is 1.08. The molecule has 0 saturated heterocycles. The first kappa shape index (κ1) is 12.4. The standard InChI is InChI=1S/C7H9.BrH.Mg/c1-7-5-3-2-4-6-7;;/h5-6H,2-3H2,1H3;1H;/q-1;;+2/p-1. The van der Waals surface area contributed by atoms with Crippen molar-refractivity contribution in [1.82, 2.24) is 0 Å². The van der Waals surface area contributed by atoms with Crippen LogP contribution in [0.2, 0.25) is 0 Å². The van der Waals surface area contributed by atoms with Crippen LogP contribution in [-0.2, 0) is 0 Å². The van der Waals surface area contributed by atoms with Gasteiger partial charge in [-0.15, -0.1) is 13.3 Å². The van der Waals surface area contributed by atoms with Gasteiger partial charge in [0, 0.05) is 0 Å². The molecular formula is C7H9BrMg. The second kappa shape index (κ2) is 6.84. The third kappa shape index (κ3) is 5.18. The van der Waals surface area contributed by atoms with Crippen molar-refractivity contribution in [3.05, 3.63) is 23.8 Å². The van der Waals surface area contributed by atoms with Gasteiger partial charge in [0.25, 0.3) is 0 Å². The minimum atomic E-state index is 0. The average Bonchev–Trinajstić information content (AvgIpc) is 1.69. The summed E-state index contributed by atoms with van der Waals surface area (Å²) in [6.07, 6.45) is 9.71. The Labute approximate surface area is 83.3 Å². The Balaban J connectivity index is 0. The first-order valence-electron chi connectivity index (χ1n) is 2.63. The summed E-state index contributed by atoms with van der Waals surface area (Å²) >= 11 is 0. The first-order valence-corrected chi connectivity index (χ1v) is 2.63. The third-order valence-electron chi connectivity index (χ3n) is 1.08. The summed E-state index contributed by atoms with van der Waals surface area (Å²) < 4.78 is 0. The van der Waals surface area contributed by atoms with Crippen molar-refractivity contribution in [1.29, 1.82) is 0 Å². The molecule has 0 fully saturated rings. The van der Waals surface area contributed by atoms with E-state index < -0.39 is 0 Å². The summed E-state index contributed by atoms with van der Waals surface area (Å²) in [4.78, 5) is 0. The molecular weight excluding hydrogens is 188 g/mol. The molecule has 0 radical (unpaired) electrons. The molecule has 0 spiro atoms. The fourth-order valence-corrected chi connectivity index (χ4v) is 0.675. The molecule has 9 heavy (non-hydrogen) atoms. The van der Waals surface area contributed by atoms with Crippen LogP contribution in [0.25, 0.3) is 0 Å². The molecule has 0 saturated carbocycles. The van der Waals surface area contributed by atoms with Crippen LogP contribution in [0, 0.1) is 6.08 Å². The van der Waals surface area contributed by atoms with Crippen LogP contribution in [0.3, 0.4) is 0 Å². The van der Waals surface area contributed by atoms with E-state index in [-0.39, 0.29) is 40.0 Å². The van der Waals surface area contributed by atoms with Gasteiger partial charge in [-0.05, 0) is 0 Å². The van der Waals surface area contributed by atoms with Gasteiger partial charge in [-0.1, -0.05) is 6.42 Å². The summed E-state index contributed by atoms with van der Waals surface area (Å²) in [5.74, 6) is 0. The minimum absolute atomic E-state index is 0. The molecule has 1 aliphatic carbocycles. The zero-order valence-corrected chi connectivity index (χ0v) is 8.65. The van der Waals surface area contributed by atoms with Crippen molar-refractivity contribution in [2.45, 2.75) is 19.8 Å². The van der Waals surface area contributed by atoms with Gasteiger partial charge >= 0.3 is 23.1 Å². The van der Waals surface area contributed by atoms with Crippen LogP contribution in [0.4, 0.5) is 0 Å². The molecule has 46 valence electrons. The first-order chi connectivity index (χ1) is 3.39. The molecule has 0 atom stereocenters. The molecule has 1 rings (SSSR count). The predicted octanol–water partition coefficient (Wildman–Crippen LogP) is -1.29. The van der Waals surface area contributed by atoms with Crippen LogP contribution >= 0.6 is 0 Å². The zero-order chi connectivity index (χ0) is 5.11. The van der Waals surface area contributed by atoms with Crippen LogP contribution in [0.15, 0.2) is 17.7 Å². The monoisotopic (exact) mass is 196 g/mol. The summed E-state index contributed by atoms with van der Waals surface area (Å²) in [5, 5.41) is 0. The molecule has 0 N–H and O–H groups in total. The molecule has 0 aliphatic heterocycles. The number of allylic oxidation sites excluding steroid dienone is 4. The maximum Gasteiger partial charge on any atom is 2.00 e. The van der Waals surface area contributed by atoms with Gasteiger partial charge in [-0.3, -0.25) is 6.08 Å². The van der Waals surface area contributed by atoms with Crippen LogP contribution < -0.4 is 17.0 Å². The molecule has 2 heteroatoms. The number of hydrogen-bond donors (Lipinski definition) is 0. The van der Waals surface area contributed by atoms with Gasteiger partial charge in [0.1, 0.15) is 0 Å². The Hall–Kier alpha value is 0.726. The molecule has 1 aliphatic rings. The van der Waals surface area contributed by atoms with Crippen molar-refractivity contribution >= 4 is 23.1 Å². The maximum absolute atomic E-state index is 3.14. The molecule has 0 aromatic carbocycles. The average molecular weight is 197 g/mol. The number of hydrogen-bond acceptors (Lipinski definition) is 0. The summed E-state index contributed by atoms with van der Waals surface area (Å²) in [7, 11) is 0. The van der Waals surface area contributed by atoms with E-state index in [2.05, 4.69) is 19.1 Å². The summed E-state index contributed by atoms with van der Waals surface area (Å²) in [6.45, 7) is 2.10. The van der Waals surface area contributed by atoms with Gasteiger partial charge in [0.05, 0.1) is 0 Å². The van der Waals surface area contributed by atoms with Gasteiger partial charge in [0.2, 0.25) is 0 Å². The quantitative estimate of drug-likeness (QED) is 0.335.